The van der Waals surface area contributed by atoms with Gasteiger partial charge in [0.05, 0.1) is 16.8 Å². The Morgan fingerprint density at radius 2 is 1.59 bits per heavy atom. The van der Waals surface area contributed by atoms with Crippen molar-refractivity contribution in [3.8, 4) is 0 Å². The normalized spacial score (nSPS) is 11.4. The molecule has 0 saturated carbocycles. The number of nitrogens with one attached hydrogen (secondary N) is 1. The molecule has 0 bridgehead atoms. The fourth-order valence-electron chi connectivity index (χ4n) is 2.52. The first-order valence-electron chi connectivity index (χ1n) is 8.61. The third-order valence-corrected chi connectivity index (χ3v) is 5.97. The van der Waals surface area contributed by atoms with E-state index in [1.807, 2.05) is 0 Å². The Morgan fingerprint density at radius 1 is 0.966 bits per heavy atom. The van der Waals surface area contributed by atoms with Crippen LogP contribution in [0.2, 0.25) is 0 Å². The van der Waals surface area contributed by atoms with Gasteiger partial charge in [0.2, 0.25) is 0 Å². The SMILES string of the molecule is CN(c1ccc(C(=O)N/N=C\c2ccccc2F)cc1)S(=O)(=O)c1ccccc1. The molecule has 0 heterocycles. The average molecular weight is 411 g/mol. The van der Waals surface area contributed by atoms with Gasteiger partial charge < -0.3 is 0 Å². The maximum Gasteiger partial charge on any atom is 0.271 e. The van der Waals surface area contributed by atoms with E-state index in [0.29, 0.717) is 5.69 Å². The summed E-state index contributed by atoms with van der Waals surface area (Å²) in [5.41, 5.74) is 3.24. The Morgan fingerprint density at radius 3 is 2.24 bits per heavy atom. The smallest absolute Gasteiger partial charge is 0.269 e. The van der Waals surface area contributed by atoms with Gasteiger partial charge in [-0.15, -0.1) is 0 Å². The summed E-state index contributed by atoms with van der Waals surface area (Å²) in [5, 5.41) is 3.74. The zero-order valence-corrected chi connectivity index (χ0v) is 16.3. The number of rotatable bonds is 6. The van der Waals surface area contributed by atoms with Crippen LogP contribution in [-0.4, -0.2) is 27.6 Å². The zero-order chi connectivity index (χ0) is 20.9. The van der Waals surface area contributed by atoms with Gasteiger partial charge >= 0.3 is 0 Å². The molecular formula is C21H18FN3O3S. The Labute approximate surface area is 168 Å². The lowest BCUT2D eigenvalue weighted by Gasteiger charge is -2.19. The molecule has 3 rings (SSSR count). The summed E-state index contributed by atoms with van der Waals surface area (Å²) in [4.78, 5) is 12.3. The minimum absolute atomic E-state index is 0.173. The number of carbonyl (C=O) groups is 1. The van der Waals surface area contributed by atoms with E-state index in [4.69, 9.17) is 0 Å². The van der Waals surface area contributed by atoms with Crippen LogP contribution in [0.5, 0.6) is 0 Å². The second-order valence-electron chi connectivity index (χ2n) is 6.05. The highest BCUT2D eigenvalue weighted by Gasteiger charge is 2.21. The van der Waals surface area contributed by atoms with E-state index >= 15 is 0 Å². The standard InChI is InChI=1S/C21H18FN3O3S/c1-25(29(27,28)19-8-3-2-4-9-19)18-13-11-16(12-14-18)21(26)24-23-15-17-7-5-6-10-20(17)22/h2-15H,1H3,(H,24,26)/b23-15-. The van der Waals surface area contributed by atoms with Crippen LogP contribution in [0.15, 0.2) is 88.9 Å². The molecule has 0 fully saturated rings. The largest absolute Gasteiger partial charge is 0.271 e. The summed E-state index contributed by atoms with van der Waals surface area (Å²) in [7, 11) is -2.26. The minimum atomic E-state index is -3.70. The van der Waals surface area contributed by atoms with Crippen molar-refractivity contribution in [2.24, 2.45) is 5.10 Å². The molecule has 8 heteroatoms. The van der Waals surface area contributed by atoms with E-state index < -0.39 is 21.7 Å². The third-order valence-electron chi connectivity index (χ3n) is 4.17. The van der Waals surface area contributed by atoms with Gasteiger partial charge in [-0.1, -0.05) is 36.4 Å². The fraction of sp³-hybridized carbons (Fsp3) is 0.0476. The molecule has 0 aliphatic carbocycles. The van der Waals surface area contributed by atoms with Crippen LogP contribution in [0.3, 0.4) is 0 Å². The number of amides is 1. The fourth-order valence-corrected chi connectivity index (χ4v) is 3.73. The van der Waals surface area contributed by atoms with Gasteiger partial charge in [0.25, 0.3) is 15.9 Å². The topological polar surface area (TPSA) is 78.8 Å². The number of benzene rings is 3. The predicted octanol–water partition coefficient (Wildman–Crippen LogP) is 3.41. The van der Waals surface area contributed by atoms with E-state index in [2.05, 4.69) is 10.5 Å². The van der Waals surface area contributed by atoms with Crippen molar-refractivity contribution >= 4 is 27.8 Å². The van der Waals surface area contributed by atoms with Gasteiger partial charge in [0.1, 0.15) is 5.82 Å². The molecule has 0 atom stereocenters. The quantitative estimate of drug-likeness (QED) is 0.499. The van der Waals surface area contributed by atoms with Crippen molar-refractivity contribution in [3.63, 3.8) is 0 Å². The summed E-state index contributed by atoms with van der Waals surface area (Å²) in [6.07, 6.45) is 1.21. The van der Waals surface area contributed by atoms with E-state index in [-0.39, 0.29) is 16.0 Å². The molecule has 148 valence electrons. The maximum atomic E-state index is 13.5. The third kappa shape index (κ3) is 4.67. The summed E-state index contributed by atoms with van der Waals surface area (Å²) in [5.74, 6) is -0.949. The molecule has 0 spiro atoms. The minimum Gasteiger partial charge on any atom is -0.269 e. The highest BCUT2D eigenvalue weighted by atomic mass is 32.2. The van der Waals surface area contributed by atoms with Gasteiger partial charge in [-0.2, -0.15) is 5.10 Å². The van der Waals surface area contributed by atoms with Gasteiger partial charge in [-0.05, 0) is 42.5 Å². The van der Waals surface area contributed by atoms with Crippen molar-refractivity contribution in [2.75, 3.05) is 11.4 Å². The number of nitrogens with zero attached hydrogens (tertiary/aromatic N) is 2. The van der Waals surface area contributed by atoms with Crippen LogP contribution >= 0.6 is 0 Å². The number of hydrogen-bond acceptors (Lipinski definition) is 4. The number of anilines is 1. The summed E-state index contributed by atoms with van der Waals surface area (Å²) in [6.45, 7) is 0. The molecular weight excluding hydrogens is 393 g/mol. The van der Waals surface area contributed by atoms with Crippen molar-refractivity contribution in [1.29, 1.82) is 0 Å². The van der Waals surface area contributed by atoms with Gasteiger partial charge in [-0.25, -0.2) is 18.2 Å². The molecule has 1 amide bonds. The Hall–Kier alpha value is -3.52. The van der Waals surface area contributed by atoms with E-state index in [0.717, 1.165) is 4.31 Å². The summed E-state index contributed by atoms with van der Waals surface area (Å²) >= 11 is 0. The first-order valence-corrected chi connectivity index (χ1v) is 10.1. The zero-order valence-electron chi connectivity index (χ0n) is 15.5. The lowest BCUT2D eigenvalue weighted by Crippen LogP contribution is -2.26. The van der Waals surface area contributed by atoms with Crippen molar-refractivity contribution in [1.82, 2.24) is 5.43 Å². The Kier molecular flexibility index (Phi) is 6.04. The molecule has 0 aliphatic rings. The molecule has 0 unspecified atom stereocenters. The molecule has 3 aromatic carbocycles. The van der Waals surface area contributed by atoms with Crippen LogP contribution in [0.4, 0.5) is 10.1 Å². The molecule has 0 radical (unpaired) electrons. The van der Waals surface area contributed by atoms with E-state index in [1.165, 1.54) is 61.8 Å². The number of sulfonamides is 1. The molecule has 3 aromatic rings. The summed E-state index contributed by atoms with van der Waals surface area (Å²) in [6, 6.07) is 20.1. The highest BCUT2D eigenvalue weighted by Crippen LogP contribution is 2.22. The predicted molar refractivity (Wildman–Crippen MR) is 110 cm³/mol. The molecule has 6 nitrogen and oxygen atoms in total. The highest BCUT2D eigenvalue weighted by molar-refractivity contribution is 7.92. The van der Waals surface area contributed by atoms with E-state index in [9.17, 15) is 17.6 Å². The van der Waals surface area contributed by atoms with E-state index in [1.54, 1.807) is 30.3 Å². The van der Waals surface area contributed by atoms with Crippen molar-refractivity contribution < 1.29 is 17.6 Å². The van der Waals surface area contributed by atoms with Crippen molar-refractivity contribution in [2.45, 2.75) is 4.90 Å². The lowest BCUT2D eigenvalue weighted by atomic mass is 10.2. The van der Waals surface area contributed by atoms with Gasteiger partial charge in [-0.3, -0.25) is 9.10 Å². The van der Waals surface area contributed by atoms with Crippen LogP contribution in [0.25, 0.3) is 0 Å². The first-order chi connectivity index (χ1) is 13.9. The molecule has 29 heavy (non-hydrogen) atoms. The number of carbonyl (C=O) groups excluding carboxylic acids is 1. The number of hydrogen-bond donors (Lipinski definition) is 1. The van der Waals surface area contributed by atoms with Crippen molar-refractivity contribution in [3.05, 3.63) is 95.8 Å². The van der Waals surface area contributed by atoms with Crippen LogP contribution < -0.4 is 9.73 Å². The molecule has 0 aromatic heterocycles. The Balaban J connectivity index is 1.69. The second kappa shape index (κ2) is 8.66. The maximum absolute atomic E-state index is 13.5. The number of halogens is 1. The Bertz CT molecular complexity index is 1130. The summed E-state index contributed by atoms with van der Waals surface area (Å²) < 4.78 is 40.0. The molecule has 1 N–H and O–H groups in total. The average Bonchev–Trinajstić information content (AvgIpc) is 2.75. The monoisotopic (exact) mass is 411 g/mol. The molecule has 0 aliphatic heterocycles. The van der Waals surface area contributed by atoms with Gasteiger partial charge in [0.15, 0.2) is 0 Å². The molecule has 0 saturated heterocycles. The van der Waals surface area contributed by atoms with Gasteiger partial charge in [0, 0.05) is 18.2 Å². The van der Waals surface area contributed by atoms with Crippen LogP contribution in [0.1, 0.15) is 15.9 Å². The van der Waals surface area contributed by atoms with Crippen LogP contribution in [-0.2, 0) is 10.0 Å². The lowest BCUT2D eigenvalue weighted by molar-refractivity contribution is 0.0955. The number of hydrazone groups is 1. The first kappa shape index (κ1) is 20.2. The van der Waals surface area contributed by atoms with Crippen LogP contribution in [0, 0.1) is 5.82 Å². The second-order valence-corrected chi connectivity index (χ2v) is 8.02.